The second-order valence-corrected chi connectivity index (χ2v) is 9.86. The van der Waals surface area contributed by atoms with Crippen molar-refractivity contribution in [2.24, 2.45) is 17.4 Å². The van der Waals surface area contributed by atoms with Crippen LogP contribution < -0.4 is 16.8 Å². The maximum atomic E-state index is 5.64. The van der Waals surface area contributed by atoms with Gasteiger partial charge in [-0.2, -0.15) is 24.9 Å². The molecule has 2 saturated carbocycles. The summed E-state index contributed by atoms with van der Waals surface area (Å²) >= 11 is 16.0. The Kier molecular flexibility index (Phi) is 12.6. The molecule has 2 aliphatic carbocycles. The third-order valence-corrected chi connectivity index (χ3v) is 6.49. The van der Waals surface area contributed by atoms with E-state index in [0.29, 0.717) is 18.1 Å². The van der Waals surface area contributed by atoms with Gasteiger partial charge in [0, 0.05) is 18.1 Å². The molecule has 0 aliphatic heterocycles. The number of halogens is 3. The Balaban J connectivity index is 0.000000201. The maximum absolute atomic E-state index is 5.64. The zero-order valence-electron chi connectivity index (χ0n) is 20.1. The van der Waals surface area contributed by atoms with Crippen LogP contribution >= 0.6 is 34.8 Å². The van der Waals surface area contributed by atoms with E-state index in [9.17, 15) is 0 Å². The summed E-state index contributed by atoms with van der Waals surface area (Å²) in [5.74, 6) is 3.26. The first kappa shape index (κ1) is 28.8. The lowest BCUT2D eigenvalue weighted by atomic mass is 9.85. The van der Waals surface area contributed by atoms with Gasteiger partial charge in [-0.05, 0) is 106 Å². The quantitative estimate of drug-likeness (QED) is 0.502. The number of anilines is 1. The number of nitrogens with zero attached hydrogens (tertiary/aromatic N) is 6. The number of hydrogen-bond donors (Lipinski definition) is 3. The van der Waals surface area contributed by atoms with Gasteiger partial charge in [0.1, 0.15) is 11.6 Å². The van der Waals surface area contributed by atoms with Crippen molar-refractivity contribution >= 4 is 40.8 Å². The second kappa shape index (κ2) is 14.9. The standard InChI is InChI=1S/C13H22N4.C6H14N2.C3Cl3N3/c1-4-11-5-7-12(8-6-11)17-13-15-9(2)14-10(3)16-13;7-5-1-2-6(8)4-3-5;4-1-7-2(5)9-3(6)8-1/h11-12H,4-8H2,1-3H3,(H,14,15,16,17);5-6H,1-4,7-8H2;. The number of rotatable bonds is 3. The molecule has 5 N–H and O–H groups in total. The van der Waals surface area contributed by atoms with E-state index in [1.165, 1.54) is 32.1 Å². The lowest BCUT2D eigenvalue weighted by Gasteiger charge is -2.28. The smallest absolute Gasteiger partial charge is 0.227 e. The molecule has 2 aromatic heterocycles. The van der Waals surface area contributed by atoms with Crippen LogP contribution in [0.1, 0.15) is 76.4 Å². The van der Waals surface area contributed by atoms with Crippen LogP contribution in [0.4, 0.5) is 5.95 Å². The fourth-order valence-corrected chi connectivity index (χ4v) is 4.64. The number of hydrogen-bond acceptors (Lipinski definition) is 9. The van der Waals surface area contributed by atoms with Crippen molar-refractivity contribution in [3.05, 3.63) is 27.5 Å². The van der Waals surface area contributed by atoms with Crippen molar-refractivity contribution in [1.82, 2.24) is 29.9 Å². The molecule has 0 saturated heterocycles. The molecule has 34 heavy (non-hydrogen) atoms. The molecule has 0 unspecified atom stereocenters. The molecular formula is C22H36Cl3N9. The van der Waals surface area contributed by atoms with Gasteiger partial charge in [-0.1, -0.05) is 13.3 Å². The number of nitrogens with one attached hydrogen (secondary N) is 1. The van der Waals surface area contributed by atoms with Gasteiger partial charge in [0.2, 0.25) is 21.8 Å². The van der Waals surface area contributed by atoms with Crippen LogP contribution in [0.15, 0.2) is 0 Å². The summed E-state index contributed by atoms with van der Waals surface area (Å²) in [4.78, 5) is 23.2. The predicted octanol–water partition coefficient (Wildman–Crippen LogP) is 4.92. The summed E-state index contributed by atoms with van der Waals surface area (Å²) in [6, 6.07) is 1.42. The Bertz CT molecular complexity index is 790. The first-order chi connectivity index (χ1) is 16.1. The highest BCUT2D eigenvalue weighted by Gasteiger charge is 2.20. The van der Waals surface area contributed by atoms with Gasteiger partial charge in [-0.3, -0.25) is 0 Å². The van der Waals surface area contributed by atoms with Crippen LogP contribution in [0.3, 0.4) is 0 Å². The highest BCUT2D eigenvalue weighted by atomic mass is 35.5. The Morgan fingerprint density at radius 1 is 0.676 bits per heavy atom. The van der Waals surface area contributed by atoms with Crippen molar-refractivity contribution < 1.29 is 0 Å². The molecule has 12 heteroatoms. The highest BCUT2D eigenvalue weighted by Crippen LogP contribution is 2.27. The summed E-state index contributed by atoms with van der Waals surface area (Å²) < 4.78 is 0. The third kappa shape index (κ3) is 11.4. The van der Waals surface area contributed by atoms with Crippen LogP contribution in [0.5, 0.6) is 0 Å². The van der Waals surface area contributed by atoms with Crippen LogP contribution in [-0.4, -0.2) is 48.0 Å². The first-order valence-electron chi connectivity index (χ1n) is 11.8. The lowest BCUT2D eigenvalue weighted by Crippen LogP contribution is -2.33. The van der Waals surface area contributed by atoms with E-state index >= 15 is 0 Å². The van der Waals surface area contributed by atoms with E-state index in [-0.39, 0.29) is 15.9 Å². The lowest BCUT2D eigenvalue weighted by molar-refractivity contribution is 0.329. The third-order valence-electron chi connectivity index (χ3n) is 5.99. The van der Waals surface area contributed by atoms with E-state index in [4.69, 9.17) is 46.3 Å². The zero-order valence-corrected chi connectivity index (χ0v) is 22.4. The van der Waals surface area contributed by atoms with Gasteiger partial charge < -0.3 is 16.8 Å². The normalized spacial score (nSPS) is 24.2. The molecule has 2 fully saturated rings. The number of aryl methyl sites for hydroxylation is 2. The minimum Gasteiger partial charge on any atom is -0.351 e. The van der Waals surface area contributed by atoms with Crippen LogP contribution in [0, 0.1) is 19.8 Å². The summed E-state index contributed by atoms with van der Waals surface area (Å²) in [6.07, 6.45) is 11.0. The molecule has 0 radical (unpaired) electrons. The highest BCUT2D eigenvalue weighted by molar-refractivity contribution is 6.33. The Morgan fingerprint density at radius 2 is 1.09 bits per heavy atom. The molecule has 0 bridgehead atoms. The van der Waals surface area contributed by atoms with Gasteiger partial charge in [0.25, 0.3) is 0 Å². The van der Waals surface area contributed by atoms with Crippen molar-refractivity contribution in [2.75, 3.05) is 5.32 Å². The molecule has 2 aliphatic rings. The van der Waals surface area contributed by atoms with Crippen molar-refractivity contribution in [1.29, 1.82) is 0 Å². The van der Waals surface area contributed by atoms with Gasteiger partial charge in [-0.25, -0.2) is 4.98 Å². The summed E-state index contributed by atoms with van der Waals surface area (Å²) in [6.45, 7) is 6.11. The molecule has 2 aromatic rings. The summed E-state index contributed by atoms with van der Waals surface area (Å²) in [5, 5.41) is 3.44. The van der Waals surface area contributed by atoms with Crippen LogP contribution in [0.2, 0.25) is 15.9 Å². The minimum absolute atomic E-state index is 0.000000000000000444. The molecule has 2 heterocycles. The van der Waals surface area contributed by atoms with Gasteiger partial charge in [-0.15, -0.1) is 0 Å². The van der Waals surface area contributed by atoms with Crippen LogP contribution in [0.25, 0.3) is 0 Å². The van der Waals surface area contributed by atoms with Gasteiger partial charge >= 0.3 is 0 Å². The molecule has 0 aromatic carbocycles. The van der Waals surface area contributed by atoms with E-state index in [1.807, 2.05) is 13.8 Å². The molecule has 9 nitrogen and oxygen atoms in total. The van der Waals surface area contributed by atoms with E-state index in [2.05, 4.69) is 42.1 Å². The number of nitrogens with two attached hydrogens (primary N) is 2. The minimum atomic E-state index is 0.000000000000000444. The molecule has 0 spiro atoms. The van der Waals surface area contributed by atoms with E-state index < -0.39 is 0 Å². The molecule has 4 rings (SSSR count). The fraction of sp³-hybridized carbons (Fsp3) is 0.727. The Labute approximate surface area is 217 Å². The average molecular weight is 533 g/mol. The van der Waals surface area contributed by atoms with Gasteiger partial charge in [0.05, 0.1) is 0 Å². The zero-order chi connectivity index (χ0) is 25.1. The Morgan fingerprint density at radius 3 is 1.47 bits per heavy atom. The SMILES string of the molecule is CCC1CCC(Nc2nc(C)nc(C)n2)CC1.Clc1nc(Cl)nc(Cl)n1.NC1CCC(N)CC1. The number of aromatic nitrogens is 6. The molecule has 190 valence electrons. The molecule has 0 amide bonds. The molecule has 0 atom stereocenters. The fourth-order valence-electron chi connectivity index (χ4n) is 4.03. The maximum Gasteiger partial charge on any atom is 0.227 e. The average Bonchev–Trinajstić information content (AvgIpc) is 2.76. The molecular weight excluding hydrogens is 497 g/mol. The predicted molar refractivity (Wildman–Crippen MR) is 138 cm³/mol. The summed E-state index contributed by atoms with van der Waals surface area (Å²) in [5.41, 5.74) is 11.3. The van der Waals surface area contributed by atoms with Crippen molar-refractivity contribution in [2.45, 2.75) is 96.7 Å². The summed E-state index contributed by atoms with van der Waals surface area (Å²) in [7, 11) is 0. The van der Waals surface area contributed by atoms with E-state index in [1.54, 1.807) is 0 Å². The van der Waals surface area contributed by atoms with E-state index in [0.717, 1.165) is 49.2 Å². The Hall–Kier alpha value is -1.39. The van der Waals surface area contributed by atoms with Crippen molar-refractivity contribution in [3.8, 4) is 0 Å². The largest absolute Gasteiger partial charge is 0.351 e. The van der Waals surface area contributed by atoms with Crippen LogP contribution in [-0.2, 0) is 0 Å². The topological polar surface area (TPSA) is 141 Å². The monoisotopic (exact) mass is 531 g/mol. The van der Waals surface area contributed by atoms with Crippen molar-refractivity contribution in [3.63, 3.8) is 0 Å². The second-order valence-electron chi connectivity index (χ2n) is 8.84. The van der Waals surface area contributed by atoms with Gasteiger partial charge in [0.15, 0.2) is 0 Å². The first-order valence-corrected chi connectivity index (χ1v) is 13.0.